The largest absolute Gasteiger partial charge is 0.293 e. The lowest BCUT2D eigenvalue weighted by atomic mass is 10.2. The summed E-state index contributed by atoms with van der Waals surface area (Å²) in [6.07, 6.45) is 3.54. The number of nitrogens with one attached hydrogen (secondary N) is 1. The van der Waals surface area contributed by atoms with Gasteiger partial charge in [-0.05, 0) is 25.8 Å². The molecule has 1 unspecified atom stereocenters. The van der Waals surface area contributed by atoms with Crippen molar-refractivity contribution >= 4 is 5.91 Å². The van der Waals surface area contributed by atoms with Gasteiger partial charge in [-0.15, -0.1) is 0 Å². The van der Waals surface area contributed by atoms with Gasteiger partial charge >= 0.3 is 0 Å². The van der Waals surface area contributed by atoms with Gasteiger partial charge in [0.15, 0.2) is 0 Å². The van der Waals surface area contributed by atoms with E-state index in [9.17, 15) is 4.79 Å². The van der Waals surface area contributed by atoms with E-state index in [0.717, 1.165) is 13.0 Å². The molecule has 0 aromatic rings. The first kappa shape index (κ1) is 9.48. The van der Waals surface area contributed by atoms with Gasteiger partial charge in [-0.25, -0.2) is 5.84 Å². The molecule has 1 fully saturated rings. The van der Waals surface area contributed by atoms with Gasteiger partial charge in [-0.1, -0.05) is 6.92 Å². The lowest BCUT2D eigenvalue weighted by molar-refractivity contribution is -0.122. The smallest absolute Gasteiger partial charge is 0.248 e. The Hall–Kier alpha value is -0.610. The summed E-state index contributed by atoms with van der Waals surface area (Å²) in [5.41, 5.74) is 2.16. The summed E-state index contributed by atoms with van der Waals surface area (Å²) >= 11 is 0. The second-order valence-electron chi connectivity index (χ2n) is 3.24. The monoisotopic (exact) mass is 171 g/mol. The van der Waals surface area contributed by atoms with E-state index in [4.69, 9.17) is 5.84 Å². The molecule has 12 heavy (non-hydrogen) atoms. The van der Waals surface area contributed by atoms with Gasteiger partial charge in [0.05, 0.1) is 6.54 Å². The lowest BCUT2D eigenvalue weighted by Gasteiger charge is -2.21. The summed E-state index contributed by atoms with van der Waals surface area (Å²) in [5.74, 6) is 4.92. The summed E-state index contributed by atoms with van der Waals surface area (Å²) in [7, 11) is 0. The first-order valence-electron chi connectivity index (χ1n) is 4.51. The number of carbonyl (C=O) groups excluding carboxylic acids is 1. The van der Waals surface area contributed by atoms with Crippen LogP contribution in [0.4, 0.5) is 0 Å². The minimum absolute atomic E-state index is 0.0876. The average Bonchev–Trinajstić information content (AvgIpc) is 2.51. The fraction of sp³-hybridized carbons (Fsp3) is 0.875. The third kappa shape index (κ3) is 2.19. The molecule has 0 aromatic heterocycles. The van der Waals surface area contributed by atoms with Crippen LogP contribution in [0.25, 0.3) is 0 Å². The molecule has 0 aromatic carbocycles. The quantitative estimate of drug-likeness (QED) is 0.353. The number of carbonyl (C=O) groups is 1. The van der Waals surface area contributed by atoms with Gasteiger partial charge in [0.2, 0.25) is 5.91 Å². The van der Waals surface area contributed by atoms with Gasteiger partial charge < -0.3 is 0 Å². The minimum Gasteiger partial charge on any atom is -0.293 e. The molecule has 1 aliphatic rings. The van der Waals surface area contributed by atoms with Crippen molar-refractivity contribution in [1.82, 2.24) is 10.3 Å². The molecule has 1 amide bonds. The van der Waals surface area contributed by atoms with Crippen molar-refractivity contribution in [3.63, 3.8) is 0 Å². The van der Waals surface area contributed by atoms with Gasteiger partial charge in [-0.2, -0.15) is 0 Å². The second kappa shape index (κ2) is 4.42. The standard InChI is InChI=1S/C8H17N3O/c1-2-7-4-3-5-11(7)6-8(12)10-9/h7H,2-6,9H2,1H3,(H,10,12). The number of rotatable bonds is 3. The molecule has 0 radical (unpaired) electrons. The van der Waals surface area contributed by atoms with E-state index in [1.807, 2.05) is 0 Å². The Labute approximate surface area is 73.1 Å². The predicted octanol–water partition coefficient (Wildman–Crippen LogP) is -0.149. The molecular weight excluding hydrogens is 154 g/mol. The van der Waals surface area contributed by atoms with Crippen LogP contribution in [0.1, 0.15) is 26.2 Å². The zero-order valence-electron chi connectivity index (χ0n) is 7.55. The van der Waals surface area contributed by atoms with Crippen LogP contribution in [0.5, 0.6) is 0 Å². The molecule has 0 spiro atoms. The molecule has 0 aliphatic carbocycles. The lowest BCUT2D eigenvalue weighted by Crippen LogP contribution is -2.42. The molecular formula is C8H17N3O. The summed E-state index contributed by atoms with van der Waals surface area (Å²) in [6.45, 7) is 3.64. The fourth-order valence-electron chi connectivity index (χ4n) is 1.80. The Kier molecular flexibility index (Phi) is 3.49. The normalized spacial score (nSPS) is 24.3. The number of hydrogen-bond acceptors (Lipinski definition) is 3. The highest BCUT2D eigenvalue weighted by atomic mass is 16.2. The van der Waals surface area contributed by atoms with Gasteiger partial charge in [-0.3, -0.25) is 15.1 Å². The highest BCUT2D eigenvalue weighted by molar-refractivity contribution is 5.77. The maximum absolute atomic E-state index is 11.0. The van der Waals surface area contributed by atoms with Crippen molar-refractivity contribution in [2.75, 3.05) is 13.1 Å². The van der Waals surface area contributed by atoms with Crippen molar-refractivity contribution in [2.24, 2.45) is 5.84 Å². The Morgan fingerprint density at radius 1 is 1.75 bits per heavy atom. The van der Waals surface area contributed by atoms with E-state index in [-0.39, 0.29) is 5.91 Å². The maximum atomic E-state index is 11.0. The van der Waals surface area contributed by atoms with Crippen molar-refractivity contribution in [1.29, 1.82) is 0 Å². The summed E-state index contributed by atoms with van der Waals surface area (Å²) < 4.78 is 0. The number of nitrogens with zero attached hydrogens (tertiary/aromatic N) is 1. The van der Waals surface area contributed by atoms with E-state index < -0.39 is 0 Å². The third-order valence-electron chi connectivity index (χ3n) is 2.48. The van der Waals surface area contributed by atoms with E-state index in [1.165, 1.54) is 12.8 Å². The Morgan fingerprint density at radius 3 is 3.08 bits per heavy atom. The first-order valence-corrected chi connectivity index (χ1v) is 4.51. The molecule has 1 heterocycles. The van der Waals surface area contributed by atoms with Crippen LogP contribution >= 0.6 is 0 Å². The Morgan fingerprint density at radius 2 is 2.50 bits per heavy atom. The highest BCUT2D eigenvalue weighted by Gasteiger charge is 2.23. The molecule has 0 bridgehead atoms. The predicted molar refractivity (Wildman–Crippen MR) is 47.2 cm³/mol. The van der Waals surface area contributed by atoms with Crippen molar-refractivity contribution in [2.45, 2.75) is 32.2 Å². The molecule has 0 saturated carbocycles. The number of likely N-dealkylation sites (tertiary alicyclic amines) is 1. The first-order chi connectivity index (χ1) is 5.77. The maximum Gasteiger partial charge on any atom is 0.248 e. The van der Waals surface area contributed by atoms with Crippen LogP contribution in [0.15, 0.2) is 0 Å². The second-order valence-corrected chi connectivity index (χ2v) is 3.24. The van der Waals surface area contributed by atoms with E-state index in [2.05, 4.69) is 17.2 Å². The zero-order chi connectivity index (χ0) is 8.97. The van der Waals surface area contributed by atoms with Crippen LogP contribution < -0.4 is 11.3 Å². The molecule has 3 N–H and O–H groups in total. The van der Waals surface area contributed by atoms with Crippen LogP contribution in [0.2, 0.25) is 0 Å². The van der Waals surface area contributed by atoms with Crippen LogP contribution in [-0.4, -0.2) is 29.9 Å². The van der Waals surface area contributed by atoms with Crippen molar-refractivity contribution in [3.05, 3.63) is 0 Å². The summed E-state index contributed by atoms with van der Waals surface area (Å²) in [5, 5.41) is 0. The zero-order valence-corrected chi connectivity index (χ0v) is 7.55. The minimum atomic E-state index is -0.0876. The van der Waals surface area contributed by atoms with E-state index in [0.29, 0.717) is 12.6 Å². The fourth-order valence-corrected chi connectivity index (χ4v) is 1.80. The Balaban J connectivity index is 2.35. The topological polar surface area (TPSA) is 58.4 Å². The van der Waals surface area contributed by atoms with E-state index >= 15 is 0 Å². The van der Waals surface area contributed by atoms with Gasteiger partial charge in [0.1, 0.15) is 0 Å². The molecule has 1 aliphatic heterocycles. The van der Waals surface area contributed by atoms with Gasteiger partial charge in [0, 0.05) is 6.04 Å². The molecule has 70 valence electrons. The summed E-state index contributed by atoms with van der Waals surface area (Å²) in [6, 6.07) is 0.585. The molecule has 1 saturated heterocycles. The summed E-state index contributed by atoms with van der Waals surface area (Å²) in [4.78, 5) is 13.1. The van der Waals surface area contributed by atoms with Crippen LogP contribution in [0, 0.1) is 0 Å². The molecule has 4 heteroatoms. The van der Waals surface area contributed by atoms with Crippen molar-refractivity contribution < 1.29 is 4.79 Å². The molecule has 4 nitrogen and oxygen atoms in total. The van der Waals surface area contributed by atoms with Crippen LogP contribution in [-0.2, 0) is 4.79 Å². The SMILES string of the molecule is CCC1CCCN1CC(=O)NN. The van der Waals surface area contributed by atoms with Crippen LogP contribution in [0.3, 0.4) is 0 Å². The average molecular weight is 171 g/mol. The third-order valence-corrected chi connectivity index (χ3v) is 2.48. The number of nitrogens with two attached hydrogens (primary N) is 1. The Bertz CT molecular complexity index is 160. The number of hydrogen-bond donors (Lipinski definition) is 2. The highest BCUT2D eigenvalue weighted by Crippen LogP contribution is 2.18. The molecule has 1 rings (SSSR count). The number of hydrazine groups is 1. The number of amides is 1. The molecule has 1 atom stereocenters. The van der Waals surface area contributed by atoms with E-state index in [1.54, 1.807) is 0 Å². The van der Waals surface area contributed by atoms with Gasteiger partial charge in [0.25, 0.3) is 0 Å². The van der Waals surface area contributed by atoms with Crippen molar-refractivity contribution in [3.8, 4) is 0 Å².